The van der Waals surface area contributed by atoms with Crippen LogP contribution in [-0.4, -0.2) is 162 Å². The van der Waals surface area contributed by atoms with Crippen LogP contribution in [0.25, 0.3) is 0 Å². The highest BCUT2D eigenvalue weighted by atomic mass is 16.7. The summed E-state index contributed by atoms with van der Waals surface area (Å²) in [5.41, 5.74) is 0. The first-order chi connectivity index (χ1) is 14.0. The number of nitrogens with zero attached hydrogens (tertiary/aromatic N) is 5. The number of piperazine rings is 2. The lowest BCUT2D eigenvalue weighted by Crippen LogP contribution is -2.66. The Balaban J connectivity index is 1.81. The molecule has 2 atom stereocenters. The number of rotatable bonds is 13. The Bertz CT molecular complexity index is 433. The molecule has 2 rings (SSSR count). The molecule has 2 saturated heterocycles. The average molecular weight is 417 g/mol. The number of ether oxygens (including phenoxy) is 1. The smallest absolute Gasteiger partial charge is 0.0812 e. The molecule has 0 spiro atoms. The summed E-state index contributed by atoms with van der Waals surface area (Å²) in [4.78, 5) is 15.8. The number of hydroxylamine groups is 2. The van der Waals surface area contributed by atoms with Gasteiger partial charge in [0.2, 0.25) is 0 Å². The normalized spacial score (nSPS) is 25.9. The predicted molar refractivity (Wildman–Crippen MR) is 116 cm³/mol. The molecule has 0 amide bonds. The van der Waals surface area contributed by atoms with E-state index in [0.29, 0.717) is 25.3 Å². The van der Waals surface area contributed by atoms with E-state index in [0.717, 1.165) is 72.1 Å². The second-order valence-corrected chi connectivity index (χ2v) is 8.36. The lowest BCUT2D eigenvalue weighted by Gasteiger charge is -2.50. The van der Waals surface area contributed by atoms with E-state index in [2.05, 4.69) is 39.0 Å². The van der Waals surface area contributed by atoms with Gasteiger partial charge in [-0.05, 0) is 21.1 Å². The Labute approximate surface area is 177 Å². The maximum atomic E-state index is 9.52. The predicted octanol–water partition coefficient (Wildman–Crippen LogP) is -1.69. The van der Waals surface area contributed by atoms with Gasteiger partial charge in [0.15, 0.2) is 0 Å². The first-order valence-electron chi connectivity index (χ1n) is 11.1. The Kier molecular flexibility index (Phi) is 11.9. The van der Waals surface area contributed by atoms with Crippen LogP contribution in [0.15, 0.2) is 0 Å². The molecular formula is C20H44N6O3. The Hall–Kier alpha value is -0.360. The summed E-state index contributed by atoms with van der Waals surface area (Å²) in [6.45, 7) is 12.0. The molecule has 0 radical (unpaired) electrons. The fraction of sp³-hybridized carbons (Fsp3) is 1.00. The van der Waals surface area contributed by atoms with Gasteiger partial charge in [0.05, 0.1) is 26.4 Å². The van der Waals surface area contributed by atoms with E-state index >= 15 is 0 Å². The molecule has 2 fully saturated rings. The van der Waals surface area contributed by atoms with Crippen LogP contribution in [-0.2, 0) is 9.57 Å². The van der Waals surface area contributed by atoms with Crippen molar-refractivity contribution in [3.8, 4) is 0 Å². The molecule has 0 aromatic carbocycles. The van der Waals surface area contributed by atoms with Crippen molar-refractivity contribution in [1.82, 2.24) is 30.0 Å². The zero-order chi connectivity index (χ0) is 21.1. The Morgan fingerprint density at radius 2 is 1.55 bits per heavy atom. The van der Waals surface area contributed by atoms with Gasteiger partial charge in [0, 0.05) is 84.6 Å². The molecule has 9 nitrogen and oxygen atoms in total. The van der Waals surface area contributed by atoms with Crippen molar-refractivity contribution in [2.24, 2.45) is 0 Å². The van der Waals surface area contributed by atoms with Crippen LogP contribution in [0.5, 0.6) is 0 Å². The van der Waals surface area contributed by atoms with Crippen molar-refractivity contribution >= 4 is 0 Å². The molecule has 172 valence electrons. The first-order valence-corrected chi connectivity index (χ1v) is 11.1. The molecular weight excluding hydrogens is 372 g/mol. The van der Waals surface area contributed by atoms with Gasteiger partial charge in [-0.25, -0.2) is 0 Å². The number of aliphatic hydroxyl groups excluding tert-OH is 1. The van der Waals surface area contributed by atoms with Gasteiger partial charge in [0.1, 0.15) is 0 Å². The highest BCUT2D eigenvalue weighted by molar-refractivity contribution is 4.95. The molecule has 2 aliphatic heterocycles. The summed E-state index contributed by atoms with van der Waals surface area (Å²) in [6, 6.07) is 0.906. The summed E-state index contributed by atoms with van der Waals surface area (Å²) in [5.74, 6) is 0. The van der Waals surface area contributed by atoms with Crippen LogP contribution >= 0.6 is 0 Å². The molecule has 9 heteroatoms. The van der Waals surface area contributed by atoms with E-state index in [9.17, 15) is 5.11 Å². The first kappa shape index (κ1) is 24.9. The van der Waals surface area contributed by atoms with E-state index in [1.165, 1.54) is 0 Å². The Morgan fingerprint density at radius 3 is 2.14 bits per heavy atom. The van der Waals surface area contributed by atoms with Crippen LogP contribution in [0.4, 0.5) is 0 Å². The summed E-state index contributed by atoms with van der Waals surface area (Å²) in [5, 5.41) is 14.5. The number of hydrogen-bond donors (Lipinski definition) is 2. The minimum atomic E-state index is 0.229. The van der Waals surface area contributed by atoms with Crippen molar-refractivity contribution in [1.29, 1.82) is 0 Å². The molecule has 0 aromatic heterocycles. The van der Waals surface area contributed by atoms with Gasteiger partial charge in [-0.2, -0.15) is 5.06 Å². The van der Waals surface area contributed by atoms with E-state index in [1.54, 1.807) is 0 Å². The maximum absolute atomic E-state index is 9.52. The molecule has 2 unspecified atom stereocenters. The highest BCUT2D eigenvalue weighted by Gasteiger charge is 2.37. The number of likely N-dealkylation sites (N-methyl/N-ethyl adjacent to an activating group) is 4. The molecule has 0 bridgehead atoms. The topological polar surface area (TPSA) is 66.9 Å². The summed E-state index contributed by atoms with van der Waals surface area (Å²) < 4.78 is 5.56. The van der Waals surface area contributed by atoms with Gasteiger partial charge in [-0.15, -0.1) is 0 Å². The molecule has 0 saturated carbocycles. The summed E-state index contributed by atoms with van der Waals surface area (Å²) in [7, 11) is 8.32. The number of aliphatic hydroxyl groups is 1. The average Bonchev–Trinajstić information content (AvgIpc) is 2.70. The molecule has 0 aromatic rings. The van der Waals surface area contributed by atoms with Gasteiger partial charge in [-0.3, -0.25) is 14.6 Å². The molecule has 2 heterocycles. The van der Waals surface area contributed by atoms with Gasteiger partial charge in [0.25, 0.3) is 0 Å². The van der Waals surface area contributed by atoms with Crippen molar-refractivity contribution in [2.75, 3.05) is 120 Å². The van der Waals surface area contributed by atoms with Crippen molar-refractivity contribution in [3.63, 3.8) is 0 Å². The third kappa shape index (κ3) is 8.72. The van der Waals surface area contributed by atoms with Crippen molar-refractivity contribution in [3.05, 3.63) is 0 Å². The molecule has 2 aliphatic rings. The fourth-order valence-corrected chi connectivity index (χ4v) is 4.24. The minimum Gasteiger partial charge on any atom is -0.395 e. The van der Waals surface area contributed by atoms with Crippen molar-refractivity contribution in [2.45, 2.75) is 12.1 Å². The second-order valence-electron chi connectivity index (χ2n) is 8.36. The molecule has 29 heavy (non-hydrogen) atoms. The fourth-order valence-electron chi connectivity index (χ4n) is 4.24. The Morgan fingerprint density at radius 1 is 0.931 bits per heavy atom. The minimum absolute atomic E-state index is 0.229. The zero-order valence-electron chi connectivity index (χ0n) is 19.1. The lowest BCUT2D eigenvalue weighted by molar-refractivity contribution is -0.155. The quantitative estimate of drug-likeness (QED) is 0.270. The van der Waals surface area contributed by atoms with Crippen LogP contribution in [0, 0.1) is 0 Å². The zero-order valence-corrected chi connectivity index (χ0v) is 19.1. The van der Waals surface area contributed by atoms with Crippen LogP contribution in [0.1, 0.15) is 0 Å². The second kappa shape index (κ2) is 13.8. The van der Waals surface area contributed by atoms with E-state index < -0.39 is 0 Å². The van der Waals surface area contributed by atoms with Crippen LogP contribution in [0.3, 0.4) is 0 Å². The largest absolute Gasteiger partial charge is 0.395 e. The number of hydrogen-bond acceptors (Lipinski definition) is 9. The van der Waals surface area contributed by atoms with E-state index in [1.807, 2.05) is 19.2 Å². The molecule has 2 N–H and O–H groups in total. The summed E-state index contributed by atoms with van der Waals surface area (Å²) >= 11 is 0. The lowest BCUT2D eigenvalue weighted by atomic mass is 9.99. The summed E-state index contributed by atoms with van der Waals surface area (Å²) in [6.07, 6.45) is 0. The van der Waals surface area contributed by atoms with Crippen molar-refractivity contribution < 1.29 is 14.7 Å². The van der Waals surface area contributed by atoms with E-state index in [-0.39, 0.29) is 6.61 Å². The number of β-amino-alcohol motifs (C(OH)–C–C–N with tert-alkyl or cyclic N) is 1. The van der Waals surface area contributed by atoms with E-state index in [4.69, 9.17) is 9.57 Å². The monoisotopic (exact) mass is 416 g/mol. The third-order valence-electron chi connectivity index (χ3n) is 6.04. The SMILES string of the molecule is CNCCOCCN(C)OCCN1CCN(C)CC1C1CN(C)CCN1CCO. The highest BCUT2D eigenvalue weighted by Crippen LogP contribution is 2.20. The van der Waals surface area contributed by atoms with Gasteiger partial charge < -0.3 is 25.0 Å². The standard InChI is InChI=1S/C20H44N6O3/c1-21-5-14-28-15-11-24(4)29-16-12-26-9-7-23(3)18-20(26)19-17-22(2)6-8-25(19)10-13-27/h19-21,27H,5-18H2,1-4H3. The van der Waals surface area contributed by atoms with Crippen LogP contribution in [0.2, 0.25) is 0 Å². The van der Waals surface area contributed by atoms with Gasteiger partial charge in [-0.1, -0.05) is 0 Å². The van der Waals surface area contributed by atoms with Gasteiger partial charge >= 0.3 is 0 Å². The maximum Gasteiger partial charge on any atom is 0.0812 e. The van der Waals surface area contributed by atoms with Crippen LogP contribution < -0.4 is 5.32 Å². The number of nitrogens with one attached hydrogen (secondary N) is 1. The third-order valence-corrected chi connectivity index (χ3v) is 6.04. The molecule has 0 aliphatic carbocycles.